The Kier molecular flexibility index (Phi) is 5.76. The van der Waals surface area contributed by atoms with Gasteiger partial charge in [0.25, 0.3) is 5.91 Å². The molecule has 0 aliphatic rings. The first-order valence-electron chi connectivity index (χ1n) is 6.45. The Morgan fingerprint density at radius 2 is 2.00 bits per heavy atom. The predicted molar refractivity (Wildman–Crippen MR) is 72.4 cm³/mol. The number of nitrogens with one attached hydrogen (secondary N) is 1. The standard InChI is InChI=1S/C14H21FN2O2/c1-3-14(4-2,10-16)17-13(18)9-19-12-8-6-5-7-11(12)15/h5-8H,3-4,9-10,16H2,1-2H3,(H,17,18). The van der Waals surface area contributed by atoms with Crippen LogP contribution < -0.4 is 15.8 Å². The molecule has 1 amide bonds. The molecular formula is C14H21FN2O2. The third kappa shape index (κ3) is 4.21. The molecule has 1 aromatic carbocycles. The second kappa shape index (κ2) is 7.09. The summed E-state index contributed by atoms with van der Waals surface area (Å²) in [5.41, 5.74) is 5.29. The second-order valence-corrected chi connectivity index (χ2v) is 4.46. The number of halogens is 1. The molecule has 3 N–H and O–H groups in total. The molecule has 0 fully saturated rings. The van der Waals surface area contributed by atoms with Crippen molar-refractivity contribution in [2.24, 2.45) is 5.73 Å². The maximum Gasteiger partial charge on any atom is 0.258 e. The zero-order valence-corrected chi connectivity index (χ0v) is 11.4. The van der Waals surface area contributed by atoms with Crippen LogP contribution in [0.5, 0.6) is 5.75 Å². The molecule has 5 heteroatoms. The minimum absolute atomic E-state index is 0.0731. The number of carbonyl (C=O) groups is 1. The fourth-order valence-electron chi connectivity index (χ4n) is 1.80. The van der Waals surface area contributed by atoms with Gasteiger partial charge < -0.3 is 15.8 Å². The van der Waals surface area contributed by atoms with Gasteiger partial charge in [0.1, 0.15) is 0 Å². The van der Waals surface area contributed by atoms with E-state index in [1.54, 1.807) is 12.1 Å². The van der Waals surface area contributed by atoms with E-state index in [-0.39, 0.29) is 18.3 Å². The van der Waals surface area contributed by atoms with Gasteiger partial charge in [-0.3, -0.25) is 4.79 Å². The molecule has 1 rings (SSSR count). The summed E-state index contributed by atoms with van der Waals surface area (Å²) in [6.45, 7) is 4.08. The van der Waals surface area contributed by atoms with E-state index in [0.717, 1.165) is 12.8 Å². The van der Waals surface area contributed by atoms with Crippen LogP contribution in [0, 0.1) is 5.82 Å². The lowest BCUT2D eigenvalue weighted by molar-refractivity contribution is -0.125. The SMILES string of the molecule is CCC(CC)(CN)NC(=O)COc1ccccc1F. The Hall–Kier alpha value is -1.62. The van der Waals surface area contributed by atoms with Crippen LogP contribution in [-0.4, -0.2) is 24.6 Å². The van der Waals surface area contributed by atoms with E-state index < -0.39 is 11.4 Å². The van der Waals surface area contributed by atoms with Crippen LogP contribution in [0.25, 0.3) is 0 Å². The minimum atomic E-state index is -0.480. The third-order valence-electron chi connectivity index (χ3n) is 3.34. The summed E-state index contributed by atoms with van der Waals surface area (Å²) < 4.78 is 18.4. The molecule has 0 radical (unpaired) electrons. The summed E-state index contributed by atoms with van der Waals surface area (Å²) in [4.78, 5) is 11.8. The van der Waals surface area contributed by atoms with Gasteiger partial charge in [0, 0.05) is 6.54 Å². The summed E-state index contributed by atoms with van der Waals surface area (Å²) in [6.07, 6.45) is 1.48. The van der Waals surface area contributed by atoms with Gasteiger partial charge in [0.05, 0.1) is 5.54 Å². The Bertz CT molecular complexity index is 411. The van der Waals surface area contributed by atoms with Gasteiger partial charge in [0.2, 0.25) is 0 Å². The van der Waals surface area contributed by atoms with Crippen molar-refractivity contribution in [2.75, 3.05) is 13.2 Å². The Balaban J connectivity index is 2.54. The molecule has 0 unspecified atom stereocenters. The number of hydrogen-bond donors (Lipinski definition) is 2. The van der Waals surface area contributed by atoms with E-state index in [1.807, 2.05) is 13.8 Å². The highest BCUT2D eigenvalue weighted by molar-refractivity contribution is 5.78. The zero-order valence-electron chi connectivity index (χ0n) is 11.4. The molecule has 4 nitrogen and oxygen atoms in total. The monoisotopic (exact) mass is 268 g/mol. The Labute approximate surface area is 113 Å². The van der Waals surface area contributed by atoms with Crippen molar-refractivity contribution in [3.05, 3.63) is 30.1 Å². The van der Waals surface area contributed by atoms with Crippen molar-refractivity contribution in [3.8, 4) is 5.75 Å². The quantitative estimate of drug-likeness (QED) is 0.793. The van der Waals surface area contributed by atoms with Gasteiger partial charge in [-0.1, -0.05) is 26.0 Å². The van der Waals surface area contributed by atoms with Crippen LogP contribution in [0.3, 0.4) is 0 Å². The van der Waals surface area contributed by atoms with E-state index in [9.17, 15) is 9.18 Å². The lowest BCUT2D eigenvalue weighted by atomic mass is 9.93. The summed E-state index contributed by atoms with van der Waals surface area (Å²) >= 11 is 0. The van der Waals surface area contributed by atoms with Gasteiger partial charge in [-0.2, -0.15) is 0 Å². The average Bonchev–Trinajstić information content (AvgIpc) is 2.44. The molecule has 19 heavy (non-hydrogen) atoms. The van der Waals surface area contributed by atoms with Crippen molar-refractivity contribution < 1.29 is 13.9 Å². The highest BCUT2D eigenvalue weighted by atomic mass is 19.1. The number of carbonyl (C=O) groups excluding carboxylic acids is 1. The summed E-state index contributed by atoms with van der Waals surface area (Å²) in [6, 6.07) is 5.99. The number of rotatable bonds is 7. The van der Waals surface area contributed by atoms with Gasteiger partial charge in [-0.15, -0.1) is 0 Å². The Morgan fingerprint density at radius 3 is 2.53 bits per heavy atom. The van der Waals surface area contributed by atoms with Gasteiger partial charge >= 0.3 is 0 Å². The smallest absolute Gasteiger partial charge is 0.258 e. The lowest BCUT2D eigenvalue weighted by Crippen LogP contribution is -2.54. The molecule has 0 saturated carbocycles. The Morgan fingerprint density at radius 1 is 1.37 bits per heavy atom. The molecule has 0 aromatic heterocycles. The van der Waals surface area contributed by atoms with Crippen LogP contribution in [0.1, 0.15) is 26.7 Å². The molecule has 1 aromatic rings. The van der Waals surface area contributed by atoms with Gasteiger partial charge in [-0.25, -0.2) is 4.39 Å². The number of nitrogens with two attached hydrogens (primary N) is 1. The molecule has 0 saturated heterocycles. The number of para-hydroxylation sites is 1. The number of ether oxygens (including phenoxy) is 1. The van der Waals surface area contributed by atoms with Crippen LogP contribution in [0.15, 0.2) is 24.3 Å². The fraction of sp³-hybridized carbons (Fsp3) is 0.500. The topological polar surface area (TPSA) is 64.3 Å². The van der Waals surface area contributed by atoms with Crippen LogP contribution >= 0.6 is 0 Å². The van der Waals surface area contributed by atoms with Crippen LogP contribution in [0.4, 0.5) is 4.39 Å². The largest absolute Gasteiger partial charge is 0.481 e. The molecule has 0 aliphatic heterocycles. The first-order valence-corrected chi connectivity index (χ1v) is 6.45. The van der Waals surface area contributed by atoms with E-state index in [0.29, 0.717) is 6.54 Å². The van der Waals surface area contributed by atoms with Crippen molar-refractivity contribution in [3.63, 3.8) is 0 Å². The summed E-state index contributed by atoms with van der Waals surface area (Å²) in [5.74, 6) is -0.701. The molecule has 106 valence electrons. The zero-order chi connectivity index (χ0) is 14.3. The second-order valence-electron chi connectivity index (χ2n) is 4.46. The van der Waals surface area contributed by atoms with Crippen LogP contribution in [-0.2, 0) is 4.79 Å². The number of amides is 1. The van der Waals surface area contributed by atoms with E-state index >= 15 is 0 Å². The molecular weight excluding hydrogens is 247 g/mol. The number of hydrogen-bond acceptors (Lipinski definition) is 3. The first kappa shape index (κ1) is 15.4. The maximum absolute atomic E-state index is 13.3. The van der Waals surface area contributed by atoms with E-state index in [4.69, 9.17) is 10.5 Å². The summed E-state index contributed by atoms with van der Waals surface area (Å²) in [5, 5.41) is 2.86. The number of benzene rings is 1. The summed E-state index contributed by atoms with van der Waals surface area (Å²) in [7, 11) is 0. The van der Waals surface area contributed by atoms with Crippen LogP contribution in [0.2, 0.25) is 0 Å². The van der Waals surface area contributed by atoms with E-state index in [2.05, 4.69) is 5.32 Å². The highest BCUT2D eigenvalue weighted by Crippen LogP contribution is 2.16. The van der Waals surface area contributed by atoms with Gasteiger partial charge in [0.15, 0.2) is 18.2 Å². The fourth-order valence-corrected chi connectivity index (χ4v) is 1.80. The normalized spacial score (nSPS) is 11.2. The molecule has 0 atom stereocenters. The van der Waals surface area contributed by atoms with Crippen molar-refractivity contribution >= 4 is 5.91 Å². The van der Waals surface area contributed by atoms with E-state index in [1.165, 1.54) is 12.1 Å². The van der Waals surface area contributed by atoms with Crippen molar-refractivity contribution in [1.82, 2.24) is 5.32 Å². The molecule has 0 bridgehead atoms. The molecule has 0 heterocycles. The minimum Gasteiger partial charge on any atom is -0.481 e. The van der Waals surface area contributed by atoms with Crippen molar-refractivity contribution in [2.45, 2.75) is 32.2 Å². The average molecular weight is 268 g/mol. The third-order valence-corrected chi connectivity index (χ3v) is 3.34. The van der Waals surface area contributed by atoms with Gasteiger partial charge in [-0.05, 0) is 25.0 Å². The first-order chi connectivity index (χ1) is 9.06. The molecule has 0 aliphatic carbocycles. The highest BCUT2D eigenvalue weighted by Gasteiger charge is 2.26. The predicted octanol–water partition coefficient (Wildman–Crippen LogP) is 1.84. The lowest BCUT2D eigenvalue weighted by Gasteiger charge is -2.31. The maximum atomic E-state index is 13.3. The van der Waals surface area contributed by atoms with Crippen molar-refractivity contribution in [1.29, 1.82) is 0 Å². The molecule has 0 spiro atoms.